The van der Waals surface area contributed by atoms with Crippen LogP contribution in [0.4, 0.5) is 0 Å². The molecule has 2 rings (SSSR count). The summed E-state index contributed by atoms with van der Waals surface area (Å²) in [6, 6.07) is 0. The molecule has 0 aromatic carbocycles. The number of hydrogen-bond donors (Lipinski definition) is 1. The lowest BCUT2D eigenvalue weighted by Gasteiger charge is -2.30. The Balaban J connectivity index is 1.77. The van der Waals surface area contributed by atoms with Crippen molar-refractivity contribution in [2.75, 3.05) is 19.7 Å². The highest BCUT2D eigenvalue weighted by Crippen LogP contribution is 2.57. The second-order valence-corrected chi connectivity index (χ2v) is 5.19. The number of carbonyl (C=O) groups excluding carboxylic acids is 1. The molecule has 0 atom stereocenters. The van der Waals surface area contributed by atoms with Crippen molar-refractivity contribution in [3.63, 3.8) is 0 Å². The number of ether oxygens (including phenoxy) is 1. The minimum Gasteiger partial charge on any atom is -0.466 e. The maximum absolute atomic E-state index is 11.4. The van der Waals surface area contributed by atoms with Gasteiger partial charge in [0, 0.05) is 6.42 Å². The normalized spacial score (nSPS) is 24.1. The van der Waals surface area contributed by atoms with Crippen LogP contribution in [0, 0.1) is 11.3 Å². The summed E-state index contributed by atoms with van der Waals surface area (Å²) >= 11 is 0. The Morgan fingerprint density at radius 2 is 2.06 bits per heavy atom. The molecule has 0 aromatic heterocycles. The maximum atomic E-state index is 11.4. The van der Waals surface area contributed by atoms with Crippen molar-refractivity contribution < 1.29 is 9.53 Å². The van der Waals surface area contributed by atoms with Crippen molar-refractivity contribution >= 4 is 5.97 Å². The summed E-state index contributed by atoms with van der Waals surface area (Å²) in [7, 11) is 0. The summed E-state index contributed by atoms with van der Waals surface area (Å²) in [6.45, 7) is 4.70. The highest BCUT2D eigenvalue weighted by Gasteiger charge is 2.48. The van der Waals surface area contributed by atoms with Crippen molar-refractivity contribution in [2.24, 2.45) is 11.3 Å². The minimum atomic E-state index is -0.0114. The fraction of sp³-hybridized carbons (Fsp3) is 0.923. The van der Waals surface area contributed by atoms with E-state index in [9.17, 15) is 4.79 Å². The van der Waals surface area contributed by atoms with Gasteiger partial charge < -0.3 is 10.1 Å². The molecule has 0 bridgehead atoms. The first-order valence-corrected chi connectivity index (χ1v) is 6.63. The summed E-state index contributed by atoms with van der Waals surface area (Å²) in [4.78, 5) is 11.4. The van der Waals surface area contributed by atoms with Crippen LogP contribution >= 0.6 is 0 Å². The molecular formula is C13H23NO2. The Hall–Kier alpha value is -0.570. The van der Waals surface area contributed by atoms with Gasteiger partial charge in [-0.3, -0.25) is 4.79 Å². The molecule has 1 saturated heterocycles. The Morgan fingerprint density at radius 3 is 2.62 bits per heavy atom. The van der Waals surface area contributed by atoms with E-state index < -0.39 is 0 Å². The predicted octanol–water partition coefficient (Wildman–Crippen LogP) is 2.11. The van der Waals surface area contributed by atoms with Gasteiger partial charge in [0.15, 0.2) is 0 Å². The van der Waals surface area contributed by atoms with Gasteiger partial charge in [0.05, 0.1) is 6.61 Å². The monoisotopic (exact) mass is 225 g/mol. The highest BCUT2D eigenvalue weighted by atomic mass is 16.5. The van der Waals surface area contributed by atoms with E-state index >= 15 is 0 Å². The molecule has 1 aliphatic carbocycles. The van der Waals surface area contributed by atoms with Crippen LogP contribution < -0.4 is 5.32 Å². The van der Waals surface area contributed by atoms with Crippen LogP contribution in [-0.2, 0) is 9.53 Å². The van der Waals surface area contributed by atoms with E-state index in [0.717, 1.165) is 25.4 Å². The summed E-state index contributed by atoms with van der Waals surface area (Å²) in [5.74, 6) is 0.839. The molecule has 2 aliphatic rings. The van der Waals surface area contributed by atoms with Crippen LogP contribution in [0.1, 0.15) is 45.4 Å². The Labute approximate surface area is 97.9 Å². The molecule has 92 valence electrons. The van der Waals surface area contributed by atoms with Crippen molar-refractivity contribution in [1.82, 2.24) is 5.32 Å². The summed E-state index contributed by atoms with van der Waals surface area (Å²) in [5.41, 5.74) is 0.509. The van der Waals surface area contributed by atoms with Crippen molar-refractivity contribution in [3.8, 4) is 0 Å². The van der Waals surface area contributed by atoms with E-state index in [0.29, 0.717) is 18.4 Å². The third-order valence-electron chi connectivity index (χ3n) is 4.23. The molecule has 0 aromatic rings. The fourth-order valence-electron chi connectivity index (χ4n) is 3.04. The summed E-state index contributed by atoms with van der Waals surface area (Å²) < 4.78 is 5.00. The van der Waals surface area contributed by atoms with Crippen molar-refractivity contribution in [3.05, 3.63) is 0 Å². The second-order valence-electron chi connectivity index (χ2n) is 5.19. The molecular weight excluding hydrogens is 202 g/mol. The molecule has 1 heterocycles. The number of rotatable bonds is 5. The molecule has 1 saturated carbocycles. The van der Waals surface area contributed by atoms with Crippen LogP contribution in [0.5, 0.6) is 0 Å². The van der Waals surface area contributed by atoms with Gasteiger partial charge in [-0.25, -0.2) is 0 Å². The van der Waals surface area contributed by atoms with E-state index in [1.165, 1.54) is 25.7 Å². The second kappa shape index (κ2) is 5.17. The number of esters is 1. The molecule has 3 nitrogen and oxygen atoms in total. The minimum absolute atomic E-state index is 0.0114. The average Bonchev–Trinajstić information content (AvgIpc) is 3.09. The van der Waals surface area contributed by atoms with Crippen molar-refractivity contribution in [2.45, 2.75) is 45.4 Å². The quantitative estimate of drug-likeness (QED) is 0.728. The number of carbonyl (C=O) groups is 1. The van der Waals surface area contributed by atoms with Gasteiger partial charge in [0.1, 0.15) is 0 Å². The molecule has 3 heteroatoms. The zero-order valence-electron chi connectivity index (χ0n) is 10.3. The SMILES string of the molecule is CCOC(=O)CCC1(C2CCNCC2)CC1. The summed E-state index contributed by atoms with van der Waals surface area (Å²) in [6.07, 6.45) is 6.92. The van der Waals surface area contributed by atoms with Gasteiger partial charge in [0.25, 0.3) is 0 Å². The average molecular weight is 225 g/mol. The van der Waals surface area contributed by atoms with E-state index in [-0.39, 0.29) is 5.97 Å². The largest absolute Gasteiger partial charge is 0.466 e. The van der Waals surface area contributed by atoms with Crippen LogP contribution in [0.25, 0.3) is 0 Å². The number of piperidine rings is 1. The van der Waals surface area contributed by atoms with Gasteiger partial charge in [-0.1, -0.05) is 0 Å². The first-order valence-electron chi connectivity index (χ1n) is 6.63. The number of hydrogen-bond acceptors (Lipinski definition) is 3. The molecule has 0 spiro atoms. The molecule has 16 heavy (non-hydrogen) atoms. The lowest BCUT2D eigenvalue weighted by atomic mass is 9.79. The third kappa shape index (κ3) is 2.76. The van der Waals surface area contributed by atoms with Gasteiger partial charge in [-0.05, 0) is 63.5 Å². The Morgan fingerprint density at radius 1 is 1.38 bits per heavy atom. The predicted molar refractivity (Wildman–Crippen MR) is 63.1 cm³/mol. The van der Waals surface area contributed by atoms with Crippen LogP contribution in [0.2, 0.25) is 0 Å². The van der Waals surface area contributed by atoms with Crippen LogP contribution in [0.15, 0.2) is 0 Å². The van der Waals surface area contributed by atoms with Crippen LogP contribution in [-0.4, -0.2) is 25.7 Å². The molecule has 1 aliphatic heterocycles. The highest BCUT2D eigenvalue weighted by molar-refractivity contribution is 5.69. The molecule has 0 amide bonds. The summed E-state index contributed by atoms with van der Waals surface area (Å²) in [5, 5.41) is 3.41. The van der Waals surface area contributed by atoms with Crippen molar-refractivity contribution in [1.29, 1.82) is 0 Å². The van der Waals surface area contributed by atoms with Gasteiger partial charge in [-0.2, -0.15) is 0 Å². The van der Waals surface area contributed by atoms with E-state index in [2.05, 4.69) is 5.32 Å². The first kappa shape index (κ1) is 11.9. The first-order chi connectivity index (χ1) is 7.77. The lowest BCUT2D eigenvalue weighted by Crippen LogP contribution is -2.32. The van der Waals surface area contributed by atoms with E-state index in [4.69, 9.17) is 4.74 Å². The zero-order valence-corrected chi connectivity index (χ0v) is 10.3. The van der Waals surface area contributed by atoms with Crippen LogP contribution in [0.3, 0.4) is 0 Å². The van der Waals surface area contributed by atoms with Gasteiger partial charge in [0.2, 0.25) is 0 Å². The maximum Gasteiger partial charge on any atom is 0.305 e. The zero-order chi connectivity index (χ0) is 11.4. The molecule has 0 unspecified atom stereocenters. The molecule has 2 fully saturated rings. The molecule has 1 N–H and O–H groups in total. The fourth-order valence-corrected chi connectivity index (χ4v) is 3.04. The Bertz CT molecular complexity index is 242. The third-order valence-corrected chi connectivity index (χ3v) is 4.23. The number of nitrogens with one attached hydrogen (secondary N) is 1. The topological polar surface area (TPSA) is 38.3 Å². The lowest BCUT2D eigenvalue weighted by molar-refractivity contribution is -0.143. The van der Waals surface area contributed by atoms with Gasteiger partial charge in [-0.15, -0.1) is 0 Å². The van der Waals surface area contributed by atoms with Gasteiger partial charge >= 0.3 is 5.97 Å². The standard InChI is InChI=1S/C13H23NO2/c1-2-16-12(15)3-6-13(7-8-13)11-4-9-14-10-5-11/h11,14H,2-10H2,1H3. The molecule has 0 radical (unpaired) electrons. The van der Waals surface area contributed by atoms with E-state index in [1.54, 1.807) is 0 Å². The smallest absolute Gasteiger partial charge is 0.305 e. The van der Waals surface area contributed by atoms with E-state index in [1.807, 2.05) is 6.92 Å². The Kier molecular flexibility index (Phi) is 3.85.